The van der Waals surface area contributed by atoms with Crippen LogP contribution >= 0.6 is 0 Å². The van der Waals surface area contributed by atoms with Crippen LogP contribution in [0, 0.1) is 19.8 Å². The largest absolute Gasteiger partial charge is 0.326 e. The summed E-state index contributed by atoms with van der Waals surface area (Å²) in [5.74, 6) is -0.426. The maximum atomic E-state index is 12.7. The summed E-state index contributed by atoms with van der Waals surface area (Å²) in [5.41, 5.74) is 5.18. The average Bonchev–Trinajstić information content (AvgIpc) is 2.96. The molecule has 0 radical (unpaired) electrons. The van der Waals surface area contributed by atoms with Crippen LogP contribution < -0.4 is 10.2 Å². The third-order valence-electron chi connectivity index (χ3n) is 5.16. The Labute approximate surface area is 161 Å². The minimum atomic E-state index is -0.333. The maximum Gasteiger partial charge on any atom is 0.229 e. The smallest absolute Gasteiger partial charge is 0.229 e. The van der Waals surface area contributed by atoms with Crippen molar-refractivity contribution in [3.63, 3.8) is 0 Å². The fourth-order valence-electron chi connectivity index (χ4n) is 3.52. The van der Waals surface area contributed by atoms with Crippen LogP contribution in [0.2, 0.25) is 0 Å². The van der Waals surface area contributed by atoms with Gasteiger partial charge in [-0.05, 0) is 48.6 Å². The summed E-state index contributed by atoms with van der Waals surface area (Å²) in [6.45, 7) is 10.9. The van der Waals surface area contributed by atoms with Crippen molar-refractivity contribution in [2.45, 2.75) is 46.5 Å². The molecule has 2 aromatic rings. The van der Waals surface area contributed by atoms with Gasteiger partial charge in [-0.2, -0.15) is 0 Å². The second-order valence-electron chi connectivity index (χ2n) is 8.51. The van der Waals surface area contributed by atoms with Crippen molar-refractivity contribution in [3.05, 3.63) is 59.2 Å². The number of anilines is 2. The van der Waals surface area contributed by atoms with Crippen LogP contribution in [0.1, 0.15) is 43.9 Å². The molecule has 1 N–H and O–H groups in total. The Morgan fingerprint density at radius 1 is 1.07 bits per heavy atom. The van der Waals surface area contributed by atoms with Gasteiger partial charge in [0.05, 0.1) is 5.92 Å². The molecule has 0 bridgehead atoms. The van der Waals surface area contributed by atoms with Crippen molar-refractivity contribution in [1.82, 2.24) is 0 Å². The van der Waals surface area contributed by atoms with Gasteiger partial charge in [0.25, 0.3) is 0 Å². The molecule has 4 heteroatoms. The van der Waals surface area contributed by atoms with Gasteiger partial charge in [-0.25, -0.2) is 0 Å². The van der Waals surface area contributed by atoms with Crippen molar-refractivity contribution >= 4 is 23.2 Å². The van der Waals surface area contributed by atoms with E-state index in [-0.39, 0.29) is 29.6 Å². The minimum Gasteiger partial charge on any atom is -0.326 e. The lowest BCUT2D eigenvalue weighted by atomic mass is 9.87. The van der Waals surface area contributed by atoms with E-state index in [2.05, 4.69) is 32.2 Å². The van der Waals surface area contributed by atoms with Crippen molar-refractivity contribution in [3.8, 4) is 0 Å². The quantitative estimate of drug-likeness (QED) is 0.866. The molecule has 1 unspecified atom stereocenters. The number of nitrogens with one attached hydrogen (secondary N) is 1. The van der Waals surface area contributed by atoms with E-state index in [1.807, 2.05) is 50.2 Å². The number of rotatable bonds is 3. The van der Waals surface area contributed by atoms with Gasteiger partial charge >= 0.3 is 0 Å². The van der Waals surface area contributed by atoms with Crippen LogP contribution in [0.4, 0.5) is 11.4 Å². The molecule has 1 atom stereocenters. The number of carbonyl (C=O) groups excluding carboxylic acids is 2. The lowest BCUT2D eigenvalue weighted by molar-refractivity contribution is -0.122. The van der Waals surface area contributed by atoms with Crippen LogP contribution in [-0.4, -0.2) is 18.4 Å². The predicted molar refractivity (Wildman–Crippen MR) is 110 cm³/mol. The second kappa shape index (κ2) is 7.18. The number of hydrogen-bond donors (Lipinski definition) is 1. The van der Waals surface area contributed by atoms with Gasteiger partial charge in [-0.1, -0.05) is 50.6 Å². The van der Waals surface area contributed by atoms with Crippen molar-refractivity contribution in [2.24, 2.45) is 5.92 Å². The van der Waals surface area contributed by atoms with E-state index in [9.17, 15) is 9.59 Å². The number of nitrogens with zero attached hydrogens (tertiary/aromatic N) is 1. The van der Waals surface area contributed by atoms with E-state index in [0.29, 0.717) is 6.54 Å². The molecule has 0 spiro atoms. The topological polar surface area (TPSA) is 49.4 Å². The highest BCUT2D eigenvalue weighted by Crippen LogP contribution is 2.29. The number of carbonyl (C=O) groups is 2. The first kappa shape index (κ1) is 19.2. The van der Waals surface area contributed by atoms with Gasteiger partial charge in [0, 0.05) is 24.3 Å². The zero-order valence-corrected chi connectivity index (χ0v) is 16.8. The van der Waals surface area contributed by atoms with Crippen molar-refractivity contribution in [2.75, 3.05) is 16.8 Å². The molecular weight excluding hydrogens is 336 g/mol. The van der Waals surface area contributed by atoms with E-state index < -0.39 is 0 Å². The summed E-state index contributed by atoms with van der Waals surface area (Å²) < 4.78 is 0. The molecule has 1 fully saturated rings. The molecule has 2 aromatic carbocycles. The number of benzene rings is 2. The molecule has 1 heterocycles. The average molecular weight is 364 g/mol. The monoisotopic (exact) mass is 364 g/mol. The zero-order chi connectivity index (χ0) is 19.8. The number of hydrogen-bond acceptors (Lipinski definition) is 2. The van der Waals surface area contributed by atoms with E-state index in [1.165, 1.54) is 5.56 Å². The summed E-state index contributed by atoms with van der Waals surface area (Å²) in [6.07, 6.45) is 0.249. The summed E-state index contributed by atoms with van der Waals surface area (Å²) in [5, 5.41) is 2.96. The van der Waals surface area contributed by atoms with Gasteiger partial charge < -0.3 is 10.2 Å². The van der Waals surface area contributed by atoms with E-state index in [0.717, 1.165) is 22.5 Å². The molecule has 1 aliphatic heterocycles. The summed E-state index contributed by atoms with van der Waals surface area (Å²) in [4.78, 5) is 26.9. The highest BCUT2D eigenvalue weighted by molar-refractivity contribution is 6.03. The Bertz CT molecular complexity index is 863. The predicted octanol–water partition coefficient (Wildman–Crippen LogP) is 4.59. The van der Waals surface area contributed by atoms with Crippen molar-refractivity contribution in [1.29, 1.82) is 0 Å². The van der Waals surface area contributed by atoms with Gasteiger partial charge in [0.15, 0.2) is 0 Å². The number of amides is 2. The van der Waals surface area contributed by atoms with Crippen LogP contribution in [0.3, 0.4) is 0 Å². The standard InChI is InChI=1S/C23H28N2O2/c1-15-6-11-20(16(2)12-15)25-14-17(13-21(25)26)22(27)24-19-9-7-18(8-10-19)23(3,4)5/h6-12,17H,13-14H2,1-5H3,(H,24,27). The molecule has 2 amide bonds. The van der Waals surface area contributed by atoms with Gasteiger partial charge in [-0.3, -0.25) is 9.59 Å². The fourth-order valence-corrected chi connectivity index (χ4v) is 3.52. The lowest BCUT2D eigenvalue weighted by Gasteiger charge is -2.20. The lowest BCUT2D eigenvalue weighted by Crippen LogP contribution is -2.28. The molecule has 1 aliphatic rings. The third kappa shape index (κ3) is 4.21. The van der Waals surface area contributed by atoms with Crippen molar-refractivity contribution < 1.29 is 9.59 Å². The first-order valence-electron chi connectivity index (χ1n) is 9.44. The highest BCUT2D eigenvalue weighted by atomic mass is 16.2. The molecule has 3 rings (SSSR count). The molecule has 0 aliphatic carbocycles. The minimum absolute atomic E-state index is 0.00480. The maximum absolute atomic E-state index is 12.7. The Hall–Kier alpha value is -2.62. The normalized spacial score (nSPS) is 17.3. The van der Waals surface area contributed by atoms with Crippen LogP contribution in [0.5, 0.6) is 0 Å². The van der Waals surface area contributed by atoms with Crippen LogP contribution in [0.25, 0.3) is 0 Å². The first-order chi connectivity index (χ1) is 12.6. The van der Waals surface area contributed by atoms with E-state index >= 15 is 0 Å². The molecule has 0 saturated carbocycles. The third-order valence-corrected chi connectivity index (χ3v) is 5.16. The Morgan fingerprint density at radius 3 is 2.33 bits per heavy atom. The Balaban J connectivity index is 1.69. The second-order valence-corrected chi connectivity index (χ2v) is 8.51. The molecule has 142 valence electrons. The van der Waals surface area contributed by atoms with Gasteiger partial charge in [0.2, 0.25) is 11.8 Å². The SMILES string of the molecule is Cc1ccc(N2CC(C(=O)Nc3ccc(C(C)(C)C)cc3)CC2=O)c(C)c1. The van der Waals surface area contributed by atoms with E-state index in [4.69, 9.17) is 0 Å². The van der Waals surface area contributed by atoms with Crippen LogP contribution in [0.15, 0.2) is 42.5 Å². The summed E-state index contributed by atoms with van der Waals surface area (Å²) in [7, 11) is 0. The Morgan fingerprint density at radius 2 is 1.74 bits per heavy atom. The molecule has 27 heavy (non-hydrogen) atoms. The molecule has 1 saturated heterocycles. The first-order valence-corrected chi connectivity index (χ1v) is 9.44. The highest BCUT2D eigenvalue weighted by Gasteiger charge is 2.35. The molecular formula is C23H28N2O2. The van der Waals surface area contributed by atoms with Gasteiger partial charge in [-0.15, -0.1) is 0 Å². The van der Waals surface area contributed by atoms with E-state index in [1.54, 1.807) is 4.90 Å². The Kier molecular flexibility index (Phi) is 5.09. The zero-order valence-electron chi connectivity index (χ0n) is 16.8. The summed E-state index contributed by atoms with van der Waals surface area (Å²) >= 11 is 0. The summed E-state index contributed by atoms with van der Waals surface area (Å²) in [6, 6.07) is 14.0. The number of aryl methyl sites for hydroxylation is 2. The van der Waals surface area contributed by atoms with Crippen LogP contribution in [-0.2, 0) is 15.0 Å². The fraction of sp³-hybridized carbons (Fsp3) is 0.391. The molecule has 0 aromatic heterocycles. The van der Waals surface area contributed by atoms with Gasteiger partial charge in [0.1, 0.15) is 0 Å². The molecule has 4 nitrogen and oxygen atoms in total.